The van der Waals surface area contributed by atoms with Crippen molar-refractivity contribution in [3.05, 3.63) is 30.1 Å². The summed E-state index contributed by atoms with van der Waals surface area (Å²) in [6, 6.07) is 6.40. The third kappa shape index (κ3) is 13.5. The minimum absolute atomic E-state index is 0.604. The maximum atomic E-state index is 9.08. The van der Waals surface area contributed by atoms with Gasteiger partial charge in [-0.05, 0) is 6.42 Å². The van der Waals surface area contributed by atoms with E-state index in [1.807, 2.05) is 0 Å². The molecule has 1 aromatic rings. The Bertz CT molecular complexity index is 450. The molecule has 0 saturated carbocycles. The number of pyridine rings is 1. The van der Waals surface area contributed by atoms with Gasteiger partial charge in [0.15, 0.2) is 11.9 Å². The van der Waals surface area contributed by atoms with E-state index in [2.05, 4.69) is 42.8 Å². The van der Waals surface area contributed by atoms with Crippen molar-refractivity contribution in [2.45, 2.75) is 58.9 Å². The highest BCUT2D eigenvalue weighted by atomic mass is 32.2. The molecule has 0 aromatic carbocycles. The minimum atomic E-state index is -3.92. The summed E-state index contributed by atoms with van der Waals surface area (Å²) in [5.41, 5.74) is 1.37. The second-order valence-corrected chi connectivity index (χ2v) is 6.42. The zero-order valence-corrected chi connectivity index (χ0v) is 13.7. The van der Waals surface area contributed by atoms with Gasteiger partial charge in [-0.25, -0.2) is 13.0 Å². The Morgan fingerprint density at radius 3 is 2.20 bits per heavy atom. The average Bonchev–Trinajstić information content (AvgIpc) is 2.33. The maximum absolute atomic E-state index is 9.08. The van der Waals surface area contributed by atoms with Crippen LogP contribution in [0.2, 0.25) is 0 Å². The molecule has 0 aliphatic rings. The van der Waals surface area contributed by atoms with Crippen molar-refractivity contribution in [3.8, 4) is 0 Å². The van der Waals surface area contributed by atoms with E-state index < -0.39 is 10.1 Å². The molecule has 5 heteroatoms. The lowest BCUT2D eigenvalue weighted by Crippen LogP contribution is -2.36. The lowest BCUT2D eigenvalue weighted by atomic mass is 10.1. The van der Waals surface area contributed by atoms with Crippen LogP contribution in [0.3, 0.4) is 0 Å². The van der Waals surface area contributed by atoms with Crippen LogP contribution < -0.4 is 4.57 Å². The molecule has 0 bridgehead atoms. The first-order chi connectivity index (χ1) is 9.34. The first-order valence-electron chi connectivity index (χ1n) is 7.20. The molecule has 20 heavy (non-hydrogen) atoms. The highest BCUT2D eigenvalue weighted by Crippen LogP contribution is 2.04. The Kier molecular flexibility index (Phi) is 10.3. The molecule has 0 atom stereocenters. The summed E-state index contributed by atoms with van der Waals surface area (Å²) in [6.45, 7) is 5.62. The van der Waals surface area contributed by atoms with E-state index in [4.69, 9.17) is 13.0 Å². The molecule has 0 saturated heterocycles. The first-order valence-corrected chi connectivity index (χ1v) is 9.02. The molecule has 0 spiro atoms. The van der Waals surface area contributed by atoms with Crippen LogP contribution in [0.25, 0.3) is 0 Å². The van der Waals surface area contributed by atoms with E-state index in [0.29, 0.717) is 6.26 Å². The number of hydrogen-bond donors (Lipinski definition) is 0. The van der Waals surface area contributed by atoms with Crippen molar-refractivity contribution in [1.29, 1.82) is 0 Å². The third-order valence-electron chi connectivity index (χ3n) is 2.92. The second kappa shape index (κ2) is 10.8. The molecule has 0 radical (unpaired) electrons. The number of aromatic nitrogens is 1. The van der Waals surface area contributed by atoms with Gasteiger partial charge in [0.2, 0.25) is 0 Å². The van der Waals surface area contributed by atoms with Crippen LogP contribution in [-0.4, -0.2) is 19.2 Å². The summed E-state index contributed by atoms with van der Waals surface area (Å²) >= 11 is 0. The van der Waals surface area contributed by atoms with Gasteiger partial charge in [-0.2, -0.15) is 0 Å². The van der Waals surface area contributed by atoms with Gasteiger partial charge in [0.1, 0.15) is 6.54 Å². The normalized spacial score (nSPS) is 10.8. The van der Waals surface area contributed by atoms with Crippen LogP contribution in [0.4, 0.5) is 0 Å². The van der Waals surface area contributed by atoms with Crippen molar-refractivity contribution in [1.82, 2.24) is 0 Å². The Morgan fingerprint density at radius 2 is 1.65 bits per heavy atom. The van der Waals surface area contributed by atoms with Crippen LogP contribution in [0.1, 0.15) is 51.1 Å². The number of nitrogens with zero attached hydrogens (tertiary/aromatic N) is 1. The first kappa shape index (κ1) is 19.1. The Labute approximate surface area is 123 Å². The zero-order chi connectivity index (χ0) is 15.4. The fourth-order valence-electron chi connectivity index (χ4n) is 1.88. The highest BCUT2D eigenvalue weighted by Gasteiger charge is 2.02. The van der Waals surface area contributed by atoms with E-state index >= 15 is 0 Å². The minimum Gasteiger partial charge on any atom is -0.748 e. The highest BCUT2D eigenvalue weighted by molar-refractivity contribution is 7.84. The van der Waals surface area contributed by atoms with Gasteiger partial charge >= 0.3 is 0 Å². The largest absolute Gasteiger partial charge is 0.748 e. The van der Waals surface area contributed by atoms with Crippen molar-refractivity contribution in [2.75, 3.05) is 6.26 Å². The van der Waals surface area contributed by atoms with E-state index in [9.17, 15) is 0 Å². The predicted molar refractivity (Wildman–Crippen MR) is 80.4 cm³/mol. The van der Waals surface area contributed by atoms with Crippen LogP contribution in [0.5, 0.6) is 0 Å². The van der Waals surface area contributed by atoms with Gasteiger partial charge in [-0.3, -0.25) is 0 Å². The molecule has 0 aliphatic carbocycles. The Hall–Kier alpha value is -0.940. The van der Waals surface area contributed by atoms with Gasteiger partial charge in [-0.1, -0.05) is 38.7 Å². The van der Waals surface area contributed by atoms with Crippen molar-refractivity contribution < 1.29 is 17.5 Å². The summed E-state index contributed by atoms with van der Waals surface area (Å²) in [5.74, 6) is 0. The molecule has 0 unspecified atom stereocenters. The molecule has 0 fully saturated rings. The molecule has 1 heterocycles. The summed E-state index contributed by atoms with van der Waals surface area (Å²) in [6.07, 6.45) is 11.0. The number of aryl methyl sites for hydroxylation is 2. The summed E-state index contributed by atoms with van der Waals surface area (Å²) in [5, 5.41) is 0. The lowest BCUT2D eigenvalue weighted by molar-refractivity contribution is -0.703. The topological polar surface area (TPSA) is 61.1 Å². The SMILES string of the molecule is CCCCCCCC[n+]1ccccc1C.CS(=O)(=O)[O-]. The van der Waals surface area contributed by atoms with Gasteiger partial charge in [0.05, 0.1) is 10.1 Å². The smallest absolute Gasteiger partial charge is 0.178 e. The van der Waals surface area contributed by atoms with Crippen molar-refractivity contribution in [3.63, 3.8) is 0 Å². The number of hydrogen-bond acceptors (Lipinski definition) is 3. The second-order valence-electron chi connectivity index (χ2n) is 5.01. The Balaban J connectivity index is 0.000000621. The zero-order valence-electron chi connectivity index (χ0n) is 12.8. The number of unbranched alkanes of at least 4 members (excludes halogenated alkanes) is 5. The van der Waals surface area contributed by atoms with Crippen molar-refractivity contribution in [2.24, 2.45) is 0 Å². The van der Waals surface area contributed by atoms with Gasteiger partial charge < -0.3 is 4.55 Å². The summed E-state index contributed by atoms with van der Waals surface area (Å²) in [4.78, 5) is 0. The van der Waals surface area contributed by atoms with Gasteiger partial charge in [-0.15, -0.1) is 0 Å². The monoisotopic (exact) mass is 301 g/mol. The predicted octanol–water partition coefficient (Wildman–Crippen LogP) is 2.80. The molecule has 1 rings (SSSR count). The third-order valence-corrected chi connectivity index (χ3v) is 2.92. The lowest BCUT2D eigenvalue weighted by Gasteiger charge is -2.00. The van der Waals surface area contributed by atoms with Gasteiger partial charge in [0, 0.05) is 31.7 Å². The van der Waals surface area contributed by atoms with Crippen LogP contribution in [0.15, 0.2) is 24.4 Å². The van der Waals surface area contributed by atoms with Crippen molar-refractivity contribution >= 4 is 10.1 Å². The molecule has 0 aliphatic heterocycles. The van der Waals surface area contributed by atoms with Gasteiger partial charge in [0.25, 0.3) is 0 Å². The summed E-state index contributed by atoms with van der Waals surface area (Å²) < 4.78 is 29.6. The molecular formula is C15H27NO3S. The molecular weight excluding hydrogens is 274 g/mol. The quantitative estimate of drug-likeness (QED) is 0.442. The average molecular weight is 301 g/mol. The van der Waals surface area contributed by atoms with E-state index in [-0.39, 0.29) is 0 Å². The maximum Gasteiger partial charge on any atom is 0.178 e. The molecule has 0 N–H and O–H groups in total. The fraction of sp³-hybridized carbons (Fsp3) is 0.667. The molecule has 4 nitrogen and oxygen atoms in total. The van der Waals surface area contributed by atoms with Crippen LogP contribution >= 0.6 is 0 Å². The fourth-order valence-corrected chi connectivity index (χ4v) is 1.88. The van der Waals surface area contributed by atoms with Crippen LogP contribution in [-0.2, 0) is 16.7 Å². The molecule has 116 valence electrons. The molecule has 0 amide bonds. The standard InChI is InChI=1S/C14H24N.CH4O3S/c1-3-4-5-6-7-9-12-15-13-10-8-11-14(15)2;1-5(2,3)4/h8,10-11,13H,3-7,9,12H2,1-2H3;1H3,(H,2,3,4)/q+1;/p-1. The Morgan fingerprint density at radius 1 is 1.10 bits per heavy atom. The molecule has 1 aromatic heterocycles. The number of rotatable bonds is 7. The van der Waals surface area contributed by atoms with E-state index in [1.165, 1.54) is 50.8 Å². The van der Waals surface area contributed by atoms with E-state index in [1.54, 1.807) is 0 Å². The van der Waals surface area contributed by atoms with E-state index in [0.717, 1.165) is 0 Å². The van der Waals surface area contributed by atoms with Crippen LogP contribution in [0, 0.1) is 6.92 Å². The summed E-state index contributed by atoms with van der Waals surface area (Å²) in [7, 11) is -3.92.